The molecule has 4 heteroatoms. The van der Waals surface area contributed by atoms with E-state index in [1.807, 2.05) is 0 Å². The van der Waals surface area contributed by atoms with E-state index in [1.165, 1.54) is 11.3 Å². The third-order valence-corrected chi connectivity index (χ3v) is 3.26. The fourth-order valence-electron chi connectivity index (χ4n) is 1.93. The lowest BCUT2D eigenvalue weighted by atomic mass is 10.1. The van der Waals surface area contributed by atoms with Crippen LogP contribution >= 0.6 is 0 Å². The van der Waals surface area contributed by atoms with Crippen LogP contribution < -0.4 is 5.32 Å². The van der Waals surface area contributed by atoms with E-state index in [0.29, 0.717) is 6.61 Å². The van der Waals surface area contributed by atoms with Gasteiger partial charge in [-0.1, -0.05) is 0 Å². The third kappa shape index (κ3) is 3.82. The van der Waals surface area contributed by atoms with Crippen LogP contribution in [-0.4, -0.2) is 35.6 Å². The zero-order chi connectivity index (χ0) is 13.9. The molecule has 104 valence electrons. The summed E-state index contributed by atoms with van der Waals surface area (Å²) >= 11 is 0. The fraction of sp³-hybridized carbons (Fsp3) is 0.786. The first-order chi connectivity index (χ1) is 8.26. The summed E-state index contributed by atoms with van der Waals surface area (Å²) in [6.07, 6.45) is 0. The topological polar surface area (TPSA) is 39.1 Å². The highest BCUT2D eigenvalue weighted by atomic mass is 16.5. The van der Waals surface area contributed by atoms with Crippen molar-refractivity contribution in [1.29, 1.82) is 0 Å². The quantitative estimate of drug-likeness (QED) is 0.875. The van der Waals surface area contributed by atoms with Crippen molar-refractivity contribution >= 4 is 0 Å². The van der Waals surface area contributed by atoms with Gasteiger partial charge < -0.3 is 10.1 Å². The highest BCUT2D eigenvalue weighted by molar-refractivity contribution is 5.22. The summed E-state index contributed by atoms with van der Waals surface area (Å²) in [5.41, 5.74) is 3.71. The Hall–Kier alpha value is -0.870. The van der Waals surface area contributed by atoms with Crippen LogP contribution in [-0.2, 0) is 4.74 Å². The Morgan fingerprint density at radius 3 is 2.28 bits per heavy atom. The van der Waals surface area contributed by atoms with Gasteiger partial charge in [0.1, 0.15) is 0 Å². The van der Waals surface area contributed by atoms with Crippen molar-refractivity contribution in [2.24, 2.45) is 0 Å². The second kappa shape index (κ2) is 5.85. The molecule has 0 saturated heterocycles. The number of rotatable bonds is 5. The van der Waals surface area contributed by atoms with Gasteiger partial charge in [-0.2, -0.15) is 5.10 Å². The van der Waals surface area contributed by atoms with Crippen molar-refractivity contribution in [3.05, 3.63) is 17.0 Å². The van der Waals surface area contributed by atoms with Gasteiger partial charge in [-0.15, -0.1) is 0 Å². The van der Waals surface area contributed by atoms with Crippen LogP contribution in [0.1, 0.15) is 43.8 Å². The minimum absolute atomic E-state index is 0.108. The summed E-state index contributed by atoms with van der Waals surface area (Å²) in [6.45, 7) is 14.3. The molecule has 1 rings (SSSR count). The number of hydrogen-bond acceptors (Lipinski definition) is 3. The van der Waals surface area contributed by atoms with Crippen molar-refractivity contribution in [3.63, 3.8) is 0 Å². The van der Waals surface area contributed by atoms with E-state index in [2.05, 4.69) is 56.6 Å². The summed E-state index contributed by atoms with van der Waals surface area (Å²) in [5.74, 6) is 0. The molecule has 0 radical (unpaired) electrons. The normalized spacial score (nSPS) is 13.9. The highest BCUT2D eigenvalue weighted by Gasteiger charge is 2.19. The highest BCUT2D eigenvalue weighted by Crippen LogP contribution is 2.17. The molecule has 0 aliphatic rings. The monoisotopic (exact) mass is 253 g/mol. The third-order valence-electron chi connectivity index (χ3n) is 3.26. The maximum Gasteiger partial charge on any atom is 0.0879 e. The van der Waals surface area contributed by atoms with Crippen molar-refractivity contribution in [1.82, 2.24) is 15.1 Å². The Morgan fingerprint density at radius 2 is 1.89 bits per heavy atom. The van der Waals surface area contributed by atoms with Gasteiger partial charge in [0, 0.05) is 24.9 Å². The lowest BCUT2D eigenvalue weighted by molar-refractivity contribution is 0.142. The van der Waals surface area contributed by atoms with Crippen LogP contribution in [0.5, 0.6) is 0 Å². The summed E-state index contributed by atoms with van der Waals surface area (Å²) in [4.78, 5) is 0. The molecular weight excluding hydrogens is 226 g/mol. The van der Waals surface area contributed by atoms with Crippen LogP contribution in [0.4, 0.5) is 0 Å². The molecule has 1 N–H and O–H groups in total. The van der Waals surface area contributed by atoms with Gasteiger partial charge in [0.25, 0.3) is 0 Å². The van der Waals surface area contributed by atoms with E-state index in [1.54, 1.807) is 7.11 Å². The lowest BCUT2D eigenvalue weighted by Crippen LogP contribution is -2.41. The van der Waals surface area contributed by atoms with Crippen molar-refractivity contribution in [2.75, 3.05) is 20.3 Å². The fourth-order valence-corrected chi connectivity index (χ4v) is 1.93. The Balaban J connectivity index is 2.87. The van der Waals surface area contributed by atoms with Gasteiger partial charge in [0.2, 0.25) is 0 Å². The van der Waals surface area contributed by atoms with Crippen molar-refractivity contribution < 1.29 is 4.74 Å². The van der Waals surface area contributed by atoms with E-state index in [9.17, 15) is 0 Å². The molecule has 1 unspecified atom stereocenters. The van der Waals surface area contributed by atoms with Gasteiger partial charge in [-0.05, 0) is 47.1 Å². The van der Waals surface area contributed by atoms with Gasteiger partial charge in [-0.25, -0.2) is 0 Å². The predicted molar refractivity (Wildman–Crippen MR) is 75.1 cm³/mol. The Labute approximate surface area is 111 Å². The molecule has 4 nitrogen and oxygen atoms in total. The molecule has 1 aromatic heterocycles. The number of nitrogens with zero attached hydrogens (tertiary/aromatic N) is 2. The van der Waals surface area contributed by atoms with Gasteiger partial charge in [0.15, 0.2) is 0 Å². The summed E-state index contributed by atoms with van der Waals surface area (Å²) < 4.78 is 7.42. The number of aryl methyl sites for hydroxylation is 1. The van der Waals surface area contributed by atoms with Crippen molar-refractivity contribution in [2.45, 2.75) is 53.1 Å². The molecular formula is C14H27N3O. The molecule has 0 bridgehead atoms. The summed E-state index contributed by atoms with van der Waals surface area (Å²) in [7, 11) is 1.74. The molecule has 0 saturated carbocycles. The molecule has 0 aliphatic heterocycles. The van der Waals surface area contributed by atoms with Gasteiger partial charge >= 0.3 is 0 Å². The van der Waals surface area contributed by atoms with E-state index < -0.39 is 0 Å². The zero-order valence-corrected chi connectivity index (χ0v) is 12.8. The minimum atomic E-state index is 0.108. The molecule has 1 atom stereocenters. The average Bonchev–Trinajstić information content (AvgIpc) is 2.51. The van der Waals surface area contributed by atoms with Crippen LogP contribution in [0.2, 0.25) is 0 Å². The molecule has 0 amide bonds. The van der Waals surface area contributed by atoms with Gasteiger partial charge in [-0.3, -0.25) is 4.68 Å². The maximum absolute atomic E-state index is 5.33. The first-order valence-electron chi connectivity index (χ1n) is 6.52. The maximum atomic E-state index is 5.33. The minimum Gasteiger partial charge on any atom is -0.382 e. The van der Waals surface area contributed by atoms with Crippen LogP contribution in [0.3, 0.4) is 0 Å². The molecule has 0 fully saturated rings. The Morgan fingerprint density at radius 1 is 1.28 bits per heavy atom. The summed E-state index contributed by atoms with van der Waals surface area (Å²) in [5, 5.41) is 8.15. The zero-order valence-electron chi connectivity index (χ0n) is 12.8. The van der Waals surface area contributed by atoms with Crippen LogP contribution in [0, 0.1) is 20.8 Å². The van der Waals surface area contributed by atoms with Crippen LogP contribution in [0.15, 0.2) is 0 Å². The molecule has 18 heavy (non-hydrogen) atoms. The first kappa shape index (κ1) is 15.2. The Bertz CT molecular complexity index is 390. The smallest absolute Gasteiger partial charge is 0.0879 e. The average molecular weight is 253 g/mol. The molecule has 0 aromatic carbocycles. The molecule has 0 spiro atoms. The Kier molecular flexibility index (Phi) is 4.93. The number of ether oxygens (including phenoxy) is 1. The number of nitrogens with one attached hydrogen (secondary N) is 1. The van der Waals surface area contributed by atoms with Crippen LogP contribution in [0.25, 0.3) is 0 Å². The number of hydrogen-bond donors (Lipinski definition) is 1. The molecule has 0 aliphatic carbocycles. The first-order valence-corrected chi connectivity index (χ1v) is 6.52. The number of methoxy groups -OCH3 is 1. The predicted octanol–water partition coefficient (Wildman–Crippen LogP) is 2.38. The standard InChI is InChI=1S/C14H27N3O/c1-10-11(2)16-17(12(10)3)13(9-18-7)8-15-14(4,5)6/h13,15H,8-9H2,1-7H3. The molecule has 1 heterocycles. The second-order valence-electron chi connectivity index (χ2n) is 5.98. The second-order valence-corrected chi connectivity index (χ2v) is 5.98. The van der Waals surface area contributed by atoms with E-state index in [4.69, 9.17) is 4.74 Å². The van der Waals surface area contributed by atoms with E-state index in [0.717, 1.165) is 12.2 Å². The SMILES string of the molecule is COCC(CNC(C)(C)C)n1nc(C)c(C)c1C. The van der Waals surface area contributed by atoms with E-state index in [-0.39, 0.29) is 11.6 Å². The lowest BCUT2D eigenvalue weighted by Gasteiger charge is -2.26. The largest absolute Gasteiger partial charge is 0.382 e. The van der Waals surface area contributed by atoms with Crippen molar-refractivity contribution in [3.8, 4) is 0 Å². The molecule has 1 aromatic rings. The van der Waals surface area contributed by atoms with Gasteiger partial charge in [0.05, 0.1) is 18.3 Å². The number of aromatic nitrogens is 2. The summed E-state index contributed by atoms with van der Waals surface area (Å²) in [6, 6.07) is 0.238. The van der Waals surface area contributed by atoms with E-state index >= 15 is 0 Å².